The average molecular weight is 270 g/mol. The zero-order valence-electron chi connectivity index (χ0n) is 12.2. The number of rotatable bonds is 6. The topological polar surface area (TPSA) is 45.1 Å². The van der Waals surface area contributed by atoms with E-state index < -0.39 is 5.60 Å². The fourth-order valence-electron chi connectivity index (χ4n) is 1.80. The summed E-state index contributed by atoms with van der Waals surface area (Å²) in [7, 11) is 0. The van der Waals surface area contributed by atoms with Crippen molar-refractivity contribution in [2.75, 3.05) is 6.54 Å². The summed E-state index contributed by atoms with van der Waals surface area (Å²) in [6.45, 7) is 11.8. The van der Waals surface area contributed by atoms with Crippen molar-refractivity contribution in [3.05, 3.63) is 16.1 Å². The molecule has 1 rings (SSSR count). The Bertz CT molecular complexity index is 366. The Labute approximate surface area is 115 Å². The van der Waals surface area contributed by atoms with Crippen molar-refractivity contribution in [1.29, 1.82) is 0 Å². The summed E-state index contributed by atoms with van der Waals surface area (Å²) >= 11 is 1.69. The van der Waals surface area contributed by atoms with Gasteiger partial charge >= 0.3 is 0 Å². The van der Waals surface area contributed by atoms with Crippen molar-refractivity contribution in [3.8, 4) is 0 Å². The van der Waals surface area contributed by atoms with Crippen LogP contribution in [-0.2, 0) is 12.0 Å². The standard InChI is InChI=1S/C14H26N2OS/c1-6-7-14(5,17)10-15-8-12-16-11(9-18-12)13(2,3)4/h9,15,17H,6-8,10H2,1-5H3. The maximum atomic E-state index is 10.0. The highest BCUT2D eigenvalue weighted by Gasteiger charge is 2.19. The molecule has 0 radical (unpaired) electrons. The molecule has 0 aliphatic carbocycles. The molecule has 0 bridgehead atoms. The van der Waals surface area contributed by atoms with Crippen molar-refractivity contribution >= 4 is 11.3 Å². The Hall–Kier alpha value is -0.450. The smallest absolute Gasteiger partial charge is 0.107 e. The maximum absolute atomic E-state index is 10.0. The lowest BCUT2D eigenvalue weighted by atomic mass is 9.93. The van der Waals surface area contributed by atoms with Gasteiger partial charge in [-0.15, -0.1) is 11.3 Å². The first-order valence-electron chi connectivity index (χ1n) is 6.62. The number of thiazole rings is 1. The van der Waals surface area contributed by atoms with E-state index in [1.54, 1.807) is 11.3 Å². The minimum Gasteiger partial charge on any atom is -0.389 e. The van der Waals surface area contributed by atoms with Gasteiger partial charge in [-0.1, -0.05) is 34.1 Å². The van der Waals surface area contributed by atoms with E-state index in [9.17, 15) is 5.11 Å². The predicted octanol–water partition coefficient (Wildman–Crippen LogP) is 3.08. The second-order valence-electron chi connectivity index (χ2n) is 6.23. The minimum atomic E-state index is -0.612. The summed E-state index contributed by atoms with van der Waals surface area (Å²) in [6, 6.07) is 0. The van der Waals surface area contributed by atoms with Crippen molar-refractivity contribution in [1.82, 2.24) is 10.3 Å². The molecule has 0 saturated heterocycles. The van der Waals surface area contributed by atoms with E-state index in [0.717, 1.165) is 30.1 Å². The molecule has 1 aromatic heterocycles. The van der Waals surface area contributed by atoms with Crippen molar-refractivity contribution < 1.29 is 5.11 Å². The molecule has 1 heterocycles. The van der Waals surface area contributed by atoms with Crippen LogP contribution in [0.15, 0.2) is 5.38 Å². The fourth-order valence-corrected chi connectivity index (χ4v) is 2.79. The lowest BCUT2D eigenvalue weighted by Gasteiger charge is -2.22. The molecule has 2 N–H and O–H groups in total. The van der Waals surface area contributed by atoms with Gasteiger partial charge in [-0.3, -0.25) is 0 Å². The van der Waals surface area contributed by atoms with Crippen LogP contribution in [0.2, 0.25) is 0 Å². The zero-order chi connectivity index (χ0) is 13.8. The summed E-state index contributed by atoms with van der Waals surface area (Å²) in [5, 5.41) is 16.6. The van der Waals surface area contributed by atoms with Crippen LogP contribution >= 0.6 is 11.3 Å². The Morgan fingerprint density at radius 2 is 2.00 bits per heavy atom. The molecule has 1 unspecified atom stereocenters. The highest BCUT2D eigenvalue weighted by atomic mass is 32.1. The van der Waals surface area contributed by atoms with Crippen LogP contribution in [0.5, 0.6) is 0 Å². The third kappa shape index (κ3) is 5.04. The zero-order valence-corrected chi connectivity index (χ0v) is 13.0. The normalized spacial score (nSPS) is 15.7. The average Bonchev–Trinajstić information content (AvgIpc) is 2.65. The molecule has 0 aliphatic rings. The van der Waals surface area contributed by atoms with Gasteiger partial charge in [0.2, 0.25) is 0 Å². The van der Waals surface area contributed by atoms with Gasteiger partial charge in [-0.05, 0) is 13.3 Å². The minimum absolute atomic E-state index is 0.114. The maximum Gasteiger partial charge on any atom is 0.107 e. The molecule has 4 heteroatoms. The van der Waals surface area contributed by atoms with Gasteiger partial charge in [0, 0.05) is 23.9 Å². The number of nitrogens with zero attached hydrogens (tertiary/aromatic N) is 1. The molecule has 0 fully saturated rings. The summed E-state index contributed by atoms with van der Waals surface area (Å²) in [5.74, 6) is 0. The highest BCUT2D eigenvalue weighted by Crippen LogP contribution is 2.23. The van der Waals surface area contributed by atoms with Gasteiger partial charge in [-0.25, -0.2) is 4.98 Å². The van der Waals surface area contributed by atoms with E-state index in [1.165, 1.54) is 0 Å². The first-order chi connectivity index (χ1) is 8.24. The number of aliphatic hydroxyl groups is 1. The molecular formula is C14H26N2OS. The predicted molar refractivity (Wildman–Crippen MR) is 78.1 cm³/mol. The second kappa shape index (κ2) is 6.13. The monoisotopic (exact) mass is 270 g/mol. The summed E-state index contributed by atoms with van der Waals surface area (Å²) in [6.07, 6.45) is 1.82. The van der Waals surface area contributed by atoms with Gasteiger partial charge in [0.1, 0.15) is 5.01 Å². The molecular weight excluding hydrogens is 244 g/mol. The van der Waals surface area contributed by atoms with Crippen LogP contribution in [0.25, 0.3) is 0 Å². The summed E-state index contributed by atoms with van der Waals surface area (Å²) in [5.41, 5.74) is 0.644. The lowest BCUT2D eigenvalue weighted by Crippen LogP contribution is -2.37. The number of hydrogen-bond acceptors (Lipinski definition) is 4. The third-order valence-electron chi connectivity index (χ3n) is 2.89. The molecule has 0 spiro atoms. The first-order valence-corrected chi connectivity index (χ1v) is 7.50. The third-order valence-corrected chi connectivity index (χ3v) is 3.74. The van der Waals surface area contributed by atoms with E-state index in [-0.39, 0.29) is 5.41 Å². The highest BCUT2D eigenvalue weighted by molar-refractivity contribution is 7.09. The number of nitrogens with one attached hydrogen (secondary N) is 1. The second-order valence-corrected chi connectivity index (χ2v) is 7.17. The van der Waals surface area contributed by atoms with Crippen molar-refractivity contribution in [2.24, 2.45) is 0 Å². The number of hydrogen-bond donors (Lipinski definition) is 2. The van der Waals surface area contributed by atoms with Crippen LogP contribution < -0.4 is 5.32 Å². The molecule has 0 aliphatic heterocycles. The Morgan fingerprint density at radius 1 is 1.33 bits per heavy atom. The first kappa shape index (κ1) is 15.6. The largest absolute Gasteiger partial charge is 0.389 e. The molecule has 0 amide bonds. The lowest BCUT2D eigenvalue weighted by molar-refractivity contribution is 0.0498. The molecule has 1 atom stereocenters. The molecule has 18 heavy (non-hydrogen) atoms. The Morgan fingerprint density at radius 3 is 2.50 bits per heavy atom. The number of aromatic nitrogens is 1. The van der Waals surface area contributed by atoms with Crippen LogP contribution in [0.4, 0.5) is 0 Å². The van der Waals surface area contributed by atoms with Crippen molar-refractivity contribution in [2.45, 2.75) is 65.0 Å². The Kier molecular flexibility index (Phi) is 5.32. The molecule has 104 valence electrons. The van der Waals surface area contributed by atoms with Gasteiger partial charge in [0.05, 0.1) is 11.3 Å². The molecule has 3 nitrogen and oxygen atoms in total. The molecule has 1 aromatic rings. The summed E-state index contributed by atoms with van der Waals surface area (Å²) < 4.78 is 0. The Balaban J connectivity index is 2.43. The van der Waals surface area contributed by atoms with Crippen molar-refractivity contribution in [3.63, 3.8) is 0 Å². The molecule has 0 aromatic carbocycles. The molecule has 0 saturated carbocycles. The SMILES string of the molecule is CCCC(C)(O)CNCc1nc(C(C)(C)C)cs1. The van der Waals surface area contributed by atoms with E-state index in [4.69, 9.17) is 0 Å². The van der Waals surface area contributed by atoms with E-state index >= 15 is 0 Å². The fraction of sp³-hybridized carbons (Fsp3) is 0.786. The van der Waals surface area contributed by atoms with Crippen LogP contribution in [-0.4, -0.2) is 22.2 Å². The van der Waals surface area contributed by atoms with Crippen LogP contribution in [0.3, 0.4) is 0 Å². The quantitative estimate of drug-likeness (QED) is 0.835. The van der Waals surface area contributed by atoms with Gasteiger partial charge < -0.3 is 10.4 Å². The van der Waals surface area contributed by atoms with E-state index in [2.05, 4.69) is 43.4 Å². The van der Waals surface area contributed by atoms with Crippen LogP contribution in [0, 0.1) is 0 Å². The summed E-state index contributed by atoms with van der Waals surface area (Å²) in [4.78, 5) is 4.62. The van der Waals surface area contributed by atoms with Gasteiger partial charge in [0.25, 0.3) is 0 Å². The van der Waals surface area contributed by atoms with Crippen LogP contribution in [0.1, 0.15) is 58.2 Å². The van der Waals surface area contributed by atoms with E-state index in [0.29, 0.717) is 6.54 Å². The van der Waals surface area contributed by atoms with Gasteiger partial charge in [-0.2, -0.15) is 0 Å². The van der Waals surface area contributed by atoms with Gasteiger partial charge in [0.15, 0.2) is 0 Å². The van der Waals surface area contributed by atoms with E-state index in [1.807, 2.05) is 6.92 Å².